The van der Waals surface area contributed by atoms with Gasteiger partial charge in [0.1, 0.15) is 0 Å². The summed E-state index contributed by atoms with van der Waals surface area (Å²) < 4.78 is 0. The minimum absolute atomic E-state index is 0.00947. The standard InChI is InChI=1S/C58H55N5/c1-56(2,3)40-20-14-37(15-21-40)52-44-26-28-46(60-44)53(38-16-22-41(23-17-38)57(4,5)6)48-30-32-50(62-48)55(43-13-11-10-12-36(43)34-35-59)51-33-31-49(63-51)54(47-29-27-45(52)61-47)39-18-24-42(25-19-39)58(7,8)9/h10-33,60-61H,34H2,1-9H3. The number of hydrogen-bond donors (Lipinski definition) is 2. The highest BCUT2D eigenvalue weighted by Gasteiger charge is 2.23. The molecule has 0 amide bonds. The Morgan fingerprint density at radius 1 is 0.413 bits per heavy atom. The second-order valence-electron chi connectivity index (χ2n) is 20.0. The summed E-state index contributed by atoms with van der Waals surface area (Å²) in [6.07, 6.45) is 8.73. The molecule has 0 aliphatic carbocycles. The average molecular weight is 822 g/mol. The van der Waals surface area contributed by atoms with E-state index in [1.54, 1.807) is 0 Å². The lowest BCUT2D eigenvalue weighted by Gasteiger charge is -2.19. The third-order valence-corrected chi connectivity index (χ3v) is 12.4. The monoisotopic (exact) mass is 821 g/mol. The Bertz CT molecular complexity index is 3000. The largest absolute Gasteiger partial charge is 0.354 e. The molecule has 0 radical (unpaired) electrons. The van der Waals surface area contributed by atoms with Gasteiger partial charge in [0.2, 0.25) is 0 Å². The molecule has 5 heteroatoms. The van der Waals surface area contributed by atoms with E-state index in [0.29, 0.717) is 0 Å². The van der Waals surface area contributed by atoms with E-state index < -0.39 is 0 Å². The fourth-order valence-corrected chi connectivity index (χ4v) is 8.81. The predicted molar refractivity (Wildman–Crippen MR) is 266 cm³/mol. The van der Waals surface area contributed by atoms with Crippen LogP contribution in [0, 0.1) is 11.3 Å². The molecule has 0 atom stereocenters. The Balaban J connectivity index is 1.44. The number of hydrogen-bond acceptors (Lipinski definition) is 3. The molecule has 0 saturated carbocycles. The Labute approximate surface area is 372 Å². The molecule has 63 heavy (non-hydrogen) atoms. The van der Waals surface area contributed by atoms with Crippen LogP contribution in [0.3, 0.4) is 0 Å². The van der Waals surface area contributed by atoms with E-state index in [1.165, 1.54) is 16.7 Å². The molecule has 9 rings (SSSR count). The summed E-state index contributed by atoms with van der Waals surface area (Å²) in [5.74, 6) is 0. The first kappa shape index (κ1) is 41.3. The van der Waals surface area contributed by atoms with Crippen LogP contribution < -0.4 is 0 Å². The van der Waals surface area contributed by atoms with E-state index in [4.69, 9.17) is 9.97 Å². The quantitative estimate of drug-likeness (QED) is 0.181. The smallest absolute Gasteiger partial charge is 0.0738 e. The first-order valence-corrected chi connectivity index (χ1v) is 22.0. The van der Waals surface area contributed by atoms with Crippen molar-refractivity contribution < 1.29 is 0 Å². The predicted octanol–water partition coefficient (Wildman–Crippen LogP) is 15.3. The van der Waals surface area contributed by atoms with E-state index in [-0.39, 0.29) is 22.7 Å². The summed E-state index contributed by atoms with van der Waals surface area (Å²) in [5, 5.41) is 9.98. The lowest BCUT2D eigenvalue weighted by atomic mass is 9.86. The van der Waals surface area contributed by atoms with E-state index in [2.05, 4.69) is 206 Å². The number of aromatic nitrogens is 4. The van der Waals surface area contributed by atoms with Crippen LogP contribution in [0.4, 0.5) is 0 Å². The van der Waals surface area contributed by atoms with Gasteiger partial charge >= 0.3 is 0 Å². The number of nitriles is 1. The van der Waals surface area contributed by atoms with Crippen LogP contribution in [-0.4, -0.2) is 19.9 Å². The molecule has 2 aliphatic heterocycles. The molecule has 0 saturated heterocycles. The highest BCUT2D eigenvalue weighted by Crippen LogP contribution is 2.40. The molecule has 0 spiro atoms. The molecular weight excluding hydrogens is 767 g/mol. The highest BCUT2D eigenvalue weighted by molar-refractivity contribution is 6.00. The van der Waals surface area contributed by atoms with E-state index in [0.717, 1.165) is 94.9 Å². The van der Waals surface area contributed by atoms with Gasteiger partial charge in [0.15, 0.2) is 0 Å². The normalized spacial score (nSPS) is 12.8. The second-order valence-corrected chi connectivity index (χ2v) is 20.0. The summed E-state index contributed by atoms with van der Waals surface area (Å²) in [5.41, 5.74) is 20.2. The summed E-state index contributed by atoms with van der Waals surface area (Å²) >= 11 is 0. The molecular formula is C58H55N5. The van der Waals surface area contributed by atoms with Crippen molar-refractivity contribution >= 4 is 46.4 Å². The van der Waals surface area contributed by atoms with Crippen molar-refractivity contribution in [1.29, 1.82) is 5.26 Å². The van der Waals surface area contributed by atoms with Crippen LogP contribution in [0.5, 0.6) is 0 Å². The highest BCUT2D eigenvalue weighted by atomic mass is 14.8. The molecule has 5 heterocycles. The fraction of sp³-hybridized carbons (Fsp3) is 0.224. The minimum atomic E-state index is 0.00947. The van der Waals surface area contributed by atoms with E-state index >= 15 is 0 Å². The Morgan fingerprint density at radius 2 is 0.746 bits per heavy atom. The number of aromatic amines is 2. The molecule has 0 fully saturated rings. The fourth-order valence-electron chi connectivity index (χ4n) is 8.81. The van der Waals surface area contributed by atoms with Crippen molar-refractivity contribution in [3.63, 3.8) is 0 Å². The maximum Gasteiger partial charge on any atom is 0.0738 e. The number of H-pyrrole nitrogens is 2. The van der Waals surface area contributed by atoms with E-state index in [1.807, 2.05) is 18.2 Å². The van der Waals surface area contributed by atoms with Crippen molar-refractivity contribution in [2.24, 2.45) is 0 Å². The van der Waals surface area contributed by atoms with Gasteiger partial charge in [0, 0.05) is 44.3 Å². The molecule has 2 N–H and O–H groups in total. The Kier molecular flexibility index (Phi) is 10.3. The van der Waals surface area contributed by atoms with Crippen LogP contribution in [0.15, 0.2) is 121 Å². The van der Waals surface area contributed by atoms with Crippen LogP contribution in [0.2, 0.25) is 0 Å². The second kappa shape index (κ2) is 15.7. The van der Waals surface area contributed by atoms with Crippen molar-refractivity contribution in [2.75, 3.05) is 0 Å². The summed E-state index contributed by atoms with van der Waals surface area (Å²) in [4.78, 5) is 18.8. The van der Waals surface area contributed by atoms with Gasteiger partial charge < -0.3 is 9.97 Å². The first-order chi connectivity index (χ1) is 30.1. The molecule has 0 unspecified atom stereocenters. The molecule has 7 aromatic rings. The molecule has 2 aliphatic rings. The van der Waals surface area contributed by atoms with Crippen LogP contribution in [0.25, 0.3) is 90.9 Å². The number of nitrogens with one attached hydrogen (secondary N) is 2. The zero-order chi connectivity index (χ0) is 44.3. The van der Waals surface area contributed by atoms with Gasteiger partial charge in [-0.05, 0) is 109 Å². The van der Waals surface area contributed by atoms with Crippen LogP contribution >= 0.6 is 0 Å². The zero-order valence-electron chi connectivity index (χ0n) is 37.9. The van der Waals surface area contributed by atoms with Gasteiger partial charge in [-0.1, -0.05) is 159 Å². The third kappa shape index (κ3) is 7.99. The number of fused-ring (bicyclic) bond motifs is 8. The van der Waals surface area contributed by atoms with Gasteiger partial charge in [0.05, 0.1) is 35.3 Å². The first-order valence-electron chi connectivity index (χ1n) is 22.0. The molecule has 8 bridgehead atoms. The van der Waals surface area contributed by atoms with Gasteiger partial charge in [-0.2, -0.15) is 5.26 Å². The molecule has 4 aromatic carbocycles. The Morgan fingerprint density at radius 3 is 1.11 bits per heavy atom. The van der Waals surface area contributed by atoms with Crippen molar-refractivity contribution in [3.8, 4) is 50.6 Å². The SMILES string of the molecule is CC(C)(C)c1ccc(-c2c3nc(c(-c4ccccc4CC#N)c4nc(c(-c5ccc(C(C)(C)C)cc5)c5ccc([nH]5)c(-c5ccc(C(C)(C)C)cc5)c5ccc2[nH]5)C=C4)C=C3)cc1. The molecule has 3 aromatic heterocycles. The van der Waals surface area contributed by atoms with Gasteiger partial charge in [-0.15, -0.1) is 0 Å². The topological polar surface area (TPSA) is 81.2 Å². The van der Waals surface area contributed by atoms with E-state index in [9.17, 15) is 5.26 Å². The lowest BCUT2D eigenvalue weighted by Crippen LogP contribution is -2.10. The maximum absolute atomic E-state index is 9.98. The van der Waals surface area contributed by atoms with Crippen LogP contribution in [0.1, 0.15) is 107 Å². The maximum atomic E-state index is 9.98. The summed E-state index contributed by atoms with van der Waals surface area (Å²) in [7, 11) is 0. The van der Waals surface area contributed by atoms with Gasteiger partial charge in [-0.3, -0.25) is 0 Å². The van der Waals surface area contributed by atoms with Gasteiger partial charge in [-0.25, -0.2) is 9.97 Å². The zero-order valence-corrected chi connectivity index (χ0v) is 37.9. The Hall–Kier alpha value is -7.03. The molecule has 5 nitrogen and oxygen atoms in total. The summed E-state index contributed by atoms with van der Waals surface area (Å²) in [6, 6.07) is 46.2. The number of rotatable bonds is 5. The molecule has 312 valence electrons. The van der Waals surface area contributed by atoms with Crippen LogP contribution in [-0.2, 0) is 22.7 Å². The van der Waals surface area contributed by atoms with Gasteiger partial charge in [0.25, 0.3) is 0 Å². The third-order valence-electron chi connectivity index (χ3n) is 12.4. The number of nitrogens with zero attached hydrogens (tertiary/aromatic N) is 3. The van der Waals surface area contributed by atoms with Crippen molar-refractivity contribution in [2.45, 2.75) is 85.0 Å². The lowest BCUT2D eigenvalue weighted by molar-refractivity contribution is 0.590. The average Bonchev–Trinajstić information content (AvgIpc) is 4.09. The number of benzene rings is 4. The van der Waals surface area contributed by atoms with Crippen molar-refractivity contribution in [3.05, 3.63) is 166 Å². The van der Waals surface area contributed by atoms with Crippen molar-refractivity contribution in [1.82, 2.24) is 19.9 Å². The minimum Gasteiger partial charge on any atom is -0.354 e. The summed E-state index contributed by atoms with van der Waals surface area (Å²) in [6.45, 7) is 20.2.